The fourth-order valence-corrected chi connectivity index (χ4v) is 1.38. The Morgan fingerprint density at radius 2 is 2.07 bits per heavy atom. The number of hydrogen-bond donors (Lipinski definition) is 0. The lowest BCUT2D eigenvalue weighted by molar-refractivity contribution is -0.0993. The first-order valence-corrected chi connectivity index (χ1v) is 4.89. The molecule has 0 bridgehead atoms. The van der Waals surface area contributed by atoms with Gasteiger partial charge in [-0.1, -0.05) is 23.7 Å². The SMILES string of the molecule is COC(CC(=O)c1cccc(Cl)c1)OC. The second kappa shape index (κ2) is 5.85. The molecule has 0 fully saturated rings. The highest BCUT2D eigenvalue weighted by atomic mass is 35.5. The van der Waals surface area contributed by atoms with Gasteiger partial charge in [-0.3, -0.25) is 4.79 Å². The highest BCUT2D eigenvalue weighted by Crippen LogP contribution is 2.13. The summed E-state index contributed by atoms with van der Waals surface area (Å²) in [7, 11) is 3.00. The molecule has 1 aromatic rings. The molecule has 0 radical (unpaired) electrons. The van der Waals surface area contributed by atoms with Crippen molar-refractivity contribution in [2.75, 3.05) is 14.2 Å². The van der Waals surface area contributed by atoms with Crippen LogP contribution in [0, 0.1) is 0 Å². The topological polar surface area (TPSA) is 35.5 Å². The third-order valence-corrected chi connectivity index (χ3v) is 2.26. The molecule has 0 aliphatic heterocycles. The van der Waals surface area contributed by atoms with Gasteiger partial charge in [0.2, 0.25) is 0 Å². The number of halogens is 1. The van der Waals surface area contributed by atoms with Gasteiger partial charge >= 0.3 is 0 Å². The first kappa shape index (κ1) is 12.2. The van der Waals surface area contributed by atoms with E-state index in [0.717, 1.165) is 0 Å². The second-order valence-electron chi connectivity index (χ2n) is 3.04. The van der Waals surface area contributed by atoms with Crippen LogP contribution in [0.3, 0.4) is 0 Å². The minimum absolute atomic E-state index is 0.0498. The van der Waals surface area contributed by atoms with Gasteiger partial charge in [0.05, 0.1) is 6.42 Å². The number of ketones is 1. The van der Waals surface area contributed by atoms with E-state index in [1.807, 2.05) is 0 Å². The summed E-state index contributed by atoms with van der Waals surface area (Å²) in [4.78, 5) is 11.7. The Morgan fingerprint density at radius 1 is 1.40 bits per heavy atom. The van der Waals surface area contributed by atoms with E-state index in [-0.39, 0.29) is 12.2 Å². The number of methoxy groups -OCH3 is 2. The van der Waals surface area contributed by atoms with Gasteiger partial charge in [0, 0.05) is 24.8 Å². The molecule has 0 N–H and O–H groups in total. The lowest BCUT2D eigenvalue weighted by atomic mass is 10.1. The molecule has 0 aromatic heterocycles. The van der Waals surface area contributed by atoms with Crippen molar-refractivity contribution in [3.63, 3.8) is 0 Å². The number of rotatable bonds is 5. The number of ether oxygens (including phenoxy) is 2. The molecule has 0 aliphatic carbocycles. The standard InChI is InChI=1S/C11H13ClO3/c1-14-11(15-2)7-10(13)8-4-3-5-9(12)6-8/h3-6,11H,7H2,1-2H3. The summed E-state index contributed by atoms with van der Waals surface area (Å²) in [6, 6.07) is 6.81. The predicted molar refractivity (Wildman–Crippen MR) is 58.2 cm³/mol. The Morgan fingerprint density at radius 3 is 2.60 bits per heavy atom. The zero-order valence-corrected chi connectivity index (χ0v) is 9.45. The van der Waals surface area contributed by atoms with Crippen LogP contribution in [0.25, 0.3) is 0 Å². The molecular formula is C11H13ClO3. The Kier molecular flexibility index (Phi) is 4.75. The number of carbonyl (C=O) groups excluding carboxylic acids is 1. The highest BCUT2D eigenvalue weighted by molar-refractivity contribution is 6.31. The molecule has 1 rings (SSSR count). The third kappa shape index (κ3) is 3.63. The predicted octanol–water partition coefficient (Wildman–Crippen LogP) is 2.53. The van der Waals surface area contributed by atoms with Gasteiger partial charge in [0.15, 0.2) is 12.1 Å². The fourth-order valence-electron chi connectivity index (χ4n) is 1.19. The molecule has 82 valence electrons. The minimum atomic E-state index is -0.503. The molecule has 0 amide bonds. The van der Waals surface area contributed by atoms with Gasteiger partial charge in [0.25, 0.3) is 0 Å². The van der Waals surface area contributed by atoms with E-state index < -0.39 is 6.29 Å². The van der Waals surface area contributed by atoms with Crippen molar-refractivity contribution in [2.45, 2.75) is 12.7 Å². The Balaban J connectivity index is 2.68. The summed E-state index contributed by atoms with van der Waals surface area (Å²) in [5.41, 5.74) is 0.571. The van der Waals surface area contributed by atoms with Gasteiger partial charge in [-0.2, -0.15) is 0 Å². The van der Waals surface area contributed by atoms with Crippen LogP contribution in [0.1, 0.15) is 16.8 Å². The van der Waals surface area contributed by atoms with E-state index in [1.54, 1.807) is 24.3 Å². The average molecular weight is 229 g/mol. The van der Waals surface area contributed by atoms with Crippen molar-refractivity contribution < 1.29 is 14.3 Å². The van der Waals surface area contributed by atoms with Crippen molar-refractivity contribution >= 4 is 17.4 Å². The lowest BCUT2D eigenvalue weighted by Crippen LogP contribution is -2.18. The van der Waals surface area contributed by atoms with Crippen molar-refractivity contribution in [2.24, 2.45) is 0 Å². The summed E-state index contributed by atoms with van der Waals surface area (Å²) >= 11 is 5.78. The maximum atomic E-state index is 11.7. The van der Waals surface area contributed by atoms with Crippen LogP contribution < -0.4 is 0 Å². The van der Waals surface area contributed by atoms with E-state index in [4.69, 9.17) is 21.1 Å². The van der Waals surface area contributed by atoms with E-state index in [2.05, 4.69) is 0 Å². The largest absolute Gasteiger partial charge is 0.355 e. The normalized spacial score (nSPS) is 10.7. The van der Waals surface area contributed by atoms with E-state index >= 15 is 0 Å². The Labute approximate surface area is 93.9 Å². The second-order valence-corrected chi connectivity index (χ2v) is 3.48. The summed E-state index contributed by atoms with van der Waals surface area (Å²) in [6.45, 7) is 0. The van der Waals surface area contributed by atoms with Gasteiger partial charge < -0.3 is 9.47 Å². The number of benzene rings is 1. The molecule has 0 spiro atoms. The van der Waals surface area contributed by atoms with Crippen LogP contribution >= 0.6 is 11.6 Å². The molecule has 0 atom stereocenters. The van der Waals surface area contributed by atoms with Crippen LogP contribution in [-0.2, 0) is 9.47 Å². The fraction of sp³-hybridized carbons (Fsp3) is 0.364. The molecule has 3 nitrogen and oxygen atoms in total. The van der Waals surface area contributed by atoms with E-state index in [1.165, 1.54) is 14.2 Å². The molecular weight excluding hydrogens is 216 g/mol. The van der Waals surface area contributed by atoms with Crippen molar-refractivity contribution in [3.05, 3.63) is 34.9 Å². The van der Waals surface area contributed by atoms with Crippen LogP contribution in [0.4, 0.5) is 0 Å². The summed E-state index contributed by atoms with van der Waals surface area (Å²) < 4.78 is 9.89. The first-order valence-electron chi connectivity index (χ1n) is 4.51. The zero-order chi connectivity index (χ0) is 11.3. The van der Waals surface area contributed by atoms with Crippen LogP contribution in [-0.4, -0.2) is 26.3 Å². The molecule has 0 heterocycles. The number of hydrogen-bond acceptors (Lipinski definition) is 3. The van der Waals surface area contributed by atoms with Crippen LogP contribution in [0.15, 0.2) is 24.3 Å². The highest BCUT2D eigenvalue weighted by Gasteiger charge is 2.13. The van der Waals surface area contributed by atoms with Crippen LogP contribution in [0.2, 0.25) is 5.02 Å². The minimum Gasteiger partial charge on any atom is -0.355 e. The molecule has 0 saturated carbocycles. The number of Topliss-reactive ketones (excluding diaryl/α,β-unsaturated/α-hetero) is 1. The van der Waals surface area contributed by atoms with Crippen molar-refractivity contribution in [1.29, 1.82) is 0 Å². The Bertz CT molecular complexity index is 334. The van der Waals surface area contributed by atoms with E-state index in [9.17, 15) is 4.79 Å². The molecule has 0 unspecified atom stereocenters. The summed E-state index contributed by atoms with van der Waals surface area (Å²) in [6.07, 6.45) is -0.315. The smallest absolute Gasteiger partial charge is 0.167 e. The quantitative estimate of drug-likeness (QED) is 0.574. The summed E-state index contributed by atoms with van der Waals surface area (Å²) in [5, 5.41) is 0.548. The van der Waals surface area contributed by atoms with E-state index in [0.29, 0.717) is 10.6 Å². The molecule has 4 heteroatoms. The van der Waals surface area contributed by atoms with Crippen molar-refractivity contribution in [3.8, 4) is 0 Å². The zero-order valence-electron chi connectivity index (χ0n) is 8.70. The molecule has 1 aromatic carbocycles. The van der Waals surface area contributed by atoms with Gasteiger partial charge in [-0.25, -0.2) is 0 Å². The Hall–Kier alpha value is -0.900. The number of carbonyl (C=O) groups is 1. The molecule has 0 aliphatic rings. The average Bonchev–Trinajstić information content (AvgIpc) is 2.25. The van der Waals surface area contributed by atoms with Crippen molar-refractivity contribution in [1.82, 2.24) is 0 Å². The molecule has 0 saturated heterocycles. The van der Waals surface area contributed by atoms with Gasteiger partial charge in [-0.05, 0) is 12.1 Å². The summed E-state index contributed by atoms with van der Waals surface area (Å²) in [5.74, 6) is -0.0498. The first-order chi connectivity index (χ1) is 7.17. The monoisotopic (exact) mass is 228 g/mol. The molecule has 15 heavy (non-hydrogen) atoms. The lowest BCUT2D eigenvalue weighted by Gasteiger charge is -2.12. The van der Waals surface area contributed by atoms with Gasteiger partial charge in [-0.15, -0.1) is 0 Å². The van der Waals surface area contributed by atoms with Crippen LogP contribution in [0.5, 0.6) is 0 Å². The maximum absolute atomic E-state index is 11.7. The maximum Gasteiger partial charge on any atom is 0.167 e. The third-order valence-electron chi connectivity index (χ3n) is 2.02. The van der Waals surface area contributed by atoms with Gasteiger partial charge in [0.1, 0.15) is 0 Å².